The average Bonchev–Trinajstić information content (AvgIpc) is 2.51. The van der Waals surface area contributed by atoms with Crippen LogP contribution in [0.4, 0.5) is 5.69 Å². The zero-order valence-corrected chi connectivity index (χ0v) is 7.65. The molecule has 0 saturated heterocycles. The fourth-order valence-electron chi connectivity index (χ4n) is 1.58. The molecule has 1 aromatic rings. The molecule has 0 bridgehead atoms. The molecule has 12 heavy (non-hydrogen) atoms. The van der Waals surface area contributed by atoms with Gasteiger partial charge in [-0.1, -0.05) is 26.0 Å². The van der Waals surface area contributed by atoms with Gasteiger partial charge in [0, 0.05) is 12.2 Å². The van der Waals surface area contributed by atoms with E-state index in [4.69, 9.17) is 1.37 Å². The van der Waals surface area contributed by atoms with Crippen LogP contribution in [-0.2, 0) is 6.42 Å². The third-order valence-corrected chi connectivity index (χ3v) is 2.41. The van der Waals surface area contributed by atoms with Crippen molar-refractivity contribution in [2.24, 2.45) is 0 Å². The Morgan fingerprint density at radius 2 is 2.42 bits per heavy atom. The fourth-order valence-corrected chi connectivity index (χ4v) is 1.58. The van der Waals surface area contributed by atoms with Crippen molar-refractivity contribution in [3.63, 3.8) is 0 Å². The minimum Gasteiger partial charge on any atom is -0.384 e. The third kappa shape index (κ3) is 1.20. The monoisotopic (exact) mass is 163 g/mol. The zero-order chi connectivity index (χ0) is 9.42. The van der Waals surface area contributed by atoms with Gasteiger partial charge in [-0.2, -0.15) is 0 Å². The van der Waals surface area contributed by atoms with Gasteiger partial charge in [0.1, 0.15) is 0 Å². The molecule has 1 aliphatic rings. The number of fused-ring (bicyclic) bond motifs is 1. The average molecular weight is 163 g/mol. The lowest BCUT2D eigenvalue weighted by atomic mass is 10.00. The lowest BCUT2D eigenvalue weighted by Crippen LogP contribution is -1.90. The van der Waals surface area contributed by atoms with Crippen LogP contribution in [0.3, 0.4) is 0 Å². The van der Waals surface area contributed by atoms with Crippen molar-refractivity contribution < 1.29 is 1.37 Å². The minimum atomic E-state index is 0.523. The Kier molecular flexibility index (Phi) is 1.53. The molecule has 0 unspecified atom stereocenters. The van der Waals surface area contributed by atoms with E-state index in [0.29, 0.717) is 12.0 Å². The molecule has 1 heteroatoms. The van der Waals surface area contributed by atoms with Crippen LogP contribution in [0.15, 0.2) is 18.2 Å². The fraction of sp³-hybridized carbons (Fsp3) is 0.455. The standard InChI is InChI=1S/C11H15N/c1-8(2)9-3-4-11-10(7-9)5-6-12-11/h3-4,7-8,12H,5-6H2,1-2H3/i4T. The molecule has 1 heterocycles. The van der Waals surface area contributed by atoms with Gasteiger partial charge in [-0.3, -0.25) is 0 Å². The van der Waals surface area contributed by atoms with E-state index in [1.54, 1.807) is 0 Å². The lowest BCUT2D eigenvalue weighted by Gasteiger charge is -2.07. The van der Waals surface area contributed by atoms with E-state index in [2.05, 4.69) is 25.2 Å². The quantitative estimate of drug-likeness (QED) is 0.671. The second-order valence-electron chi connectivity index (χ2n) is 3.66. The molecule has 1 aromatic carbocycles. The normalized spacial score (nSPS) is 15.8. The highest BCUT2D eigenvalue weighted by Crippen LogP contribution is 2.25. The Morgan fingerprint density at radius 3 is 3.17 bits per heavy atom. The minimum absolute atomic E-state index is 0.523. The van der Waals surface area contributed by atoms with Gasteiger partial charge in [-0.05, 0) is 29.5 Å². The molecule has 0 radical (unpaired) electrons. The molecule has 64 valence electrons. The van der Waals surface area contributed by atoms with E-state index in [9.17, 15) is 0 Å². The second-order valence-corrected chi connectivity index (χ2v) is 3.66. The Hall–Kier alpha value is -0.980. The van der Waals surface area contributed by atoms with Gasteiger partial charge in [0.05, 0.1) is 1.37 Å². The third-order valence-electron chi connectivity index (χ3n) is 2.41. The molecule has 0 fully saturated rings. The van der Waals surface area contributed by atoms with Crippen molar-refractivity contribution in [3.8, 4) is 0 Å². The summed E-state index contributed by atoms with van der Waals surface area (Å²) in [5.74, 6) is 0.523. The van der Waals surface area contributed by atoms with E-state index in [-0.39, 0.29) is 0 Å². The number of hydrogen-bond donors (Lipinski definition) is 1. The van der Waals surface area contributed by atoms with Crippen molar-refractivity contribution in [1.29, 1.82) is 0 Å². The van der Waals surface area contributed by atoms with Crippen molar-refractivity contribution in [1.82, 2.24) is 0 Å². The Labute approximate surface area is 75.2 Å². The summed E-state index contributed by atoms with van der Waals surface area (Å²) >= 11 is 0. The molecule has 0 aromatic heterocycles. The van der Waals surface area contributed by atoms with E-state index >= 15 is 0 Å². The molecule has 0 spiro atoms. The first-order valence-electron chi connectivity index (χ1n) is 5.06. The van der Waals surface area contributed by atoms with Crippen LogP contribution in [-0.4, -0.2) is 6.54 Å². The number of nitrogens with one attached hydrogen (secondary N) is 1. The maximum Gasteiger partial charge on any atom is 0.0645 e. The van der Waals surface area contributed by atoms with Gasteiger partial charge >= 0.3 is 0 Å². The SMILES string of the molecule is [3H]c1cc(C(C)C)cc2c1NCC2. The molecule has 1 nitrogen and oxygen atoms in total. The van der Waals surface area contributed by atoms with Crippen LogP contribution in [0, 0.1) is 0 Å². The predicted octanol–water partition coefficient (Wildman–Crippen LogP) is 2.78. The lowest BCUT2D eigenvalue weighted by molar-refractivity contribution is 0.864. The molecule has 1 N–H and O–H groups in total. The first-order chi connectivity index (χ1) is 6.18. The van der Waals surface area contributed by atoms with Crippen molar-refractivity contribution in [2.45, 2.75) is 26.2 Å². The summed E-state index contributed by atoms with van der Waals surface area (Å²) in [6.45, 7) is 5.33. The van der Waals surface area contributed by atoms with E-state index < -0.39 is 0 Å². The largest absolute Gasteiger partial charge is 0.384 e. The highest BCUT2D eigenvalue weighted by Gasteiger charge is 2.10. The highest BCUT2D eigenvalue weighted by atomic mass is 14.9. The Morgan fingerprint density at radius 1 is 1.58 bits per heavy atom. The van der Waals surface area contributed by atoms with Gasteiger partial charge in [0.2, 0.25) is 0 Å². The zero-order valence-electron chi connectivity index (χ0n) is 8.65. The number of rotatable bonds is 1. The van der Waals surface area contributed by atoms with Crippen LogP contribution >= 0.6 is 0 Å². The highest BCUT2D eigenvalue weighted by molar-refractivity contribution is 5.56. The number of hydrogen-bond acceptors (Lipinski definition) is 1. The number of anilines is 1. The summed E-state index contributed by atoms with van der Waals surface area (Å²) in [6.07, 6.45) is 1.07. The molecule has 0 aliphatic carbocycles. The Bertz CT molecular complexity index is 331. The van der Waals surface area contributed by atoms with Gasteiger partial charge in [0.25, 0.3) is 0 Å². The van der Waals surface area contributed by atoms with Gasteiger partial charge in [-0.15, -0.1) is 0 Å². The molecular weight excluding hydrogens is 146 g/mol. The van der Waals surface area contributed by atoms with Crippen molar-refractivity contribution in [3.05, 3.63) is 29.3 Å². The first kappa shape index (κ1) is 6.53. The van der Waals surface area contributed by atoms with Crippen LogP contribution < -0.4 is 5.32 Å². The van der Waals surface area contributed by atoms with Crippen LogP contribution in [0.2, 0.25) is 0 Å². The summed E-state index contributed by atoms with van der Waals surface area (Å²) in [7, 11) is 0. The smallest absolute Gasteiger partial charge is 0.0645 e. The second kappa shape index (κ2) is 2.81. The van der Waals surface area contributed by atoms with Crippen LogP contribution in [0.5, 0.6) is 0 Å². The van der Waals surface area contributed by atoms with E-state index in [1.807, 2.05) is 6.07 Å². The van der Waals surface area contributed by atoms with Crippen molar-refractivity contribution >= 4 is 5.69 Å². The summed E-state index contributed by atoms with van der Waals surface area (Å²) in [5.41, 5.74) is 3.65. The Balaban J connectivity index is 2.49. The van der Waals surface area contributed by atoms with Gasteiger partial charge in [-0.25, -0.2) is 0 Å². The summed E-state index contributed by atoms with van der Waals surface area (Å²) < 4.78 is 7.82. The maximum atomic E-state index is 7.82. The molecule has 0 atom stereocenters. The maximum absolute atomic E-state index is 7.82. The van der Waals surface area contributed by atoms with Gasteiger partial charge in [0.15, 0.2) is 0 Å². The van der Waals surface area contributed by atoms with Gasteiger partial charge < -0.3 is 5.32 Å². The number of benzene rings is 1. The molecule has 0 saturated carbocycles. The molecule has 1 aliphatic heterocycles. The summed E-state index contributed by atoms with van der Waals surface area (Å²) in [4.78, 5) is 0. The summed E-state index contributed by atoms with van der Waals surface area (Å²) in [6, 6.07) is 4.86. The molecular formula is C11H15N. The van der Waals surface area contributed by atoms with Crippen molar-refractivity contribution in [2.75, 3.05) is 11.9 Å². The summed E-state index contributed by atoms with van der Waals surface area (Å²) in [5, 5.41) is 3.25. The first-order valence-corrected chi connectivity index (χ1v) is 4.56. The topological polar surface area (TPSA) is 12.0 Å². The van der Waals surface area contributed by atoms with E-state index in [1.165, 1.54) is 11.1 Å². The molecule has 2 rings (SSSR count). The van der Waals surface area contributed by atoms with Crippen LogP contribution in [0.1, 0.15) is 32.3 Å². The molecule has 0 amide bonds. The van der Waals surface area contributed by atoms with E-state index in [0.717, 1.165) is 18.7 Å². The predicted molar refractivity (Wildman–Crippen MR) is 52.7 cm³/mol. The van der Waals surface area contributed by atoms with Crippen LogP contribution in [0.25, 0.3) is 0 Å².